The van der Waals surface area contributed by atoms with Gasteiger partial charge in [0.2, 0.25) is 0 Å². The molecule has 1 aromatic heterocycles. The molecule has 0 bridgehead atoms. The summed E-state index contributed by atoms with van der Waals surface area (Å²) in [7, 11) is 0. The molecule has 61 heavy (non-hydrogen) atoms. The fourth-order valence-electron chi connectivity index (χ4n) is 9.41. The zero-order valence-corrected chi connectivity index (χ0v) is 33.0. The van der Waals surface area contributed by atoms with Gasteiger partial charge in [-0.1, -0.05) is 182 Å². The fraction of sp³-hybridized carbons (Fsp3) is 0.0175. The lowest BCUT2D eigenvalue weighted by Crippen LogP contribution is -2.28. The van der Waals surface area contributed by atoms with Crippen LogP contribution in [0.2, 0.25) is 0 Å². The van der Waals surface area contributed by atoms with Gasteiger partial charge in [-0.2, -0.15) is 0 Å². The van der Waals surface area contributed by atoms with Crippen LogP contribution in [-0.2, 0) is 5.41 Å². The Hall–Kier alpha value is -8.08. The molecular formula is C57H36N2O2. The van der Waals surface area contributed by atoms with Crippen molar-refractivity contribution in [3.8, 4) is 79.2 Å². The molecular weight excluding hydrogens is 745 g/mol. The topological polar surface area (TPSA) is 44.2 Å². The maximum absolute atomic E-state index is 6.92. The van der Waals surface area contributed by atoms with Gasteiger partial charge in [0, 0.05) is 22.3 Å². The third-order valence-electron chi connectivity index (χ3n) is 12.2. The van der Waals surface area contributed by atoms with Crippen LogP contribution in [0, 0.1) is 0 Å². The molecule has 2 aliphatic rings. The molecule has 9 aromatic carbocycles. The van der Waals surface area contributed by atoms with Gasteiger partial charge in [-0.3, -0.25) is 0 Å². The predicted molar refractivity (Wildman–Crippen MR) is 245 cm³/mol. The van der Waals surface area contributed by atoms with Crippen LogP contribution in [0.15, 0.2) is 218 Å². The number of benzene rings is 9. The van der Waals surface area contributed by atoms with Gasteiger partial charge in [0.25, 0.3) is 0 Å². The Bertz CT molecular complexity index is 3270. The summed E-state index contributed by atoms with van der Waals surface area (Å²) in [5.41, 5.74) is 13.3. The van der Waals surface area contributed by atoms with Gasteiger partial charge in [-0.05, 0) is 86.1 Å². The van der Waals surface area contributed by atoms with Crippen LogP contribution < -0.4 is 9.47 Å². The minimum Gasteiger partial charge on any atom is -0.449 e. The second kappa shape index (κ2) is 14.0. The van der Waals surface area contributed by atoms with E-state index in [-0.39, 0.29) is 0 Å². The van der Waals surface area contributed by atoms with Crippen molar-refractivity contribution in [2.45, 2.75) is 5.41 Å². The monoisotopic (exact) mass is 780 g/mol. The number of hydrogen-bond acceptors (Lipinski definition) is 4. The maximum atomic E-state index is 6.92. The largest absolute Gasteiger partial charge is 0.449 e. The lowest BCUT2D eigenvalue weighted by atomic mass is 9.68. The number of ether oxygens (including phenoxy) is 2. The van der Waals surface area contributed by atoms with E-state index < -0.39 is 5.41 Å². The highest BCUT2D eigenvalue weighted by Gasteiger charge is 2.48. The summed E-state index contributed by atoms with van der Waals surface area (Å²) in [5, 5.41) is 2.34. The SMILES string of the molecule is c1ccc(-c2cc(-c3cccc(-c4ccc5c(c4)Oc4ccc6c(c4O5)-c4ccccc4C6(c4ccccc4)c4ccccc4)c3)nc(-c3ccc4ccccc4c3)n2)cc1. The molecule has 0 fully saturated rings. The first kappa shape index (κ1) is 34.9. The number of aromatic nitrogens is 2. The average Bonchev–Trinajstić information content (AvgIpc) is 3.65. The molecule has 4 nitrogen and oxygen atoms in total. The van der Waals surface area contributed by atoms with E-state index in [1.807, 2.05) is 24.3 Å². The third-order valence-corrected chi connectivity index (χ3v) is 12.2. The standard InChI is InChI=1S/C57H36N2O2/c1-4-16-38(17-5-1)49-36-50(59-56(58-49)43-28-27-37-15-10-11-18-39(37)34-43)42-20-14-19-40(33-42)41-29-31-51-53(35-41)60-52-32-30-48-54(55(52)61-51)46-25-12-13-26-47(46)57(48,44-21-6-2-7-22-44)45-23-8-3-9-24-45/h1-36H. The van der Waals surface area contributed by atoms with Crippen molar-refractivity contribution >= 4 is 10.8 Å². The van der Waals surface area contributed by atoms with E-state index in [1.54, 1.807) is 0 Å². The summed E-state index contributed by atoms with van der Waals surface area (Å²) in [5.74, 6) is 3.47. The molecule has 0 N–H and O–H groups in total. The van der Waals surface area contributed by atoms with Gasteiger partial charge < -0.3 is 9.47 Å². The lowest BCUT2D eigenvalue weighted by molar-refractivity contribution is 0.360. The van der Waals surface area contributed by atoms with Gasteiger partial charge in [0.15, 0.2) is 28.8 Å². The molecule has 0 saturated carbocycles. The van der Waals surface area contributed by atoms with E-state index in [9.17, 15) is 0 Å². The van der Waals surface area contributed by atoms with Crippen molar-refractivity contribution in [2.75, 3.05) is 0 Å². The predicted octanol–water partition coefficient (Wildman–Crippen LogP) is 14.6. The van der Waals surface area contributed by atoms with Crippen LogP contribution in [-0.4, -0.2) is 9.97 Å². The van der Waals surface area contributed by atoms with Crippen LogP contribution in [0.4, 0.5) is 0 Å². The first-order valence-electron chi connectivity index (χ1n) is 20.6. The van der Waals surface area contributed by atoms with Crippen LogP contribution in [0.1, 0.15) is 22.3 Å². The Balaban J connectivity index is 0.929. The second-order valence-electron chi connectivity index (χ2n) is 15.7. The molecule has 0 atom stereocenters. The number of fused-ring (bicyclic) bond motifs is 7. The molecule has 286 valence electrons. The maximum Gasteiger partial charge on any atom is 0.178 e. The smallest absolute Gasteiger partial charge is 0.178 e. The minimum absolute atomic E-state index is 0.524. The Labute approximate surface area is 354 Å². The van der Waals surface area contributed by atoms with E-state index >= 15 is 0 Å². The molecule has 0 saturated heterocycles. The second-order valence-corrected chi connectivity index (χ2v) is 15.7. The highest BCUT2D eigenvalue weighted by Crippen LogP contribution is 2.62. The highest BCUT2D eigenvalue weighted by atomic mass is 16.6. The molecule has 0 radical (unpaired) electrons. The van der Waals surface area contributed by atoms with Gasteiger partial charge in [-0.15, -0.1) is 0 Å². The van der Waals surface area contributed by atoms with Crippen LogP contribution in [0.25, 0.3) is 66.9 Å². The van der Waals surface area contributed by atoms with E-state index in [0.717, 1.165) is 61.5 Å². The Kier molecular flexibility index (Phi) is 8.04. The van der Waals surface area contributed by atoms with Crippen molar-refractivity contribution in [3.63, 3.8) is 0 Å². The van der Waals surface area contributed by atoms with Crippen molar-refractivity contribution in [2.24, 2.45) is 0 Å². The van der Waals surface area contributed by atoms with E-state index in [4.69, 9.17) is 19.4 Å². The van der Waals surface area contributed by atoms with Crippen LogP contribution in [0.3, 0.4) is 0 Å². The highest BCUT2D eigenvalue weighted by molar-refractivity contribution is 5.92. The number of rotatable bonds is 6. The van der Waals surface area contributed by atoms with Gasteiger partial charge in [0.05, 0.1) is 16.8 Å². The molecule has 0 unspecified atom stereocenters. The quantitative estimate of drug-likeness (QED) is 0.169. The van der Waals surface area contributed by atoms with Crippen molar-refractivity contribution < 1.29 is 9.47 Å². The lowest BCUT2D eigenvalue weighted by Gasteiger charge is -2.34. The van der Waals surface area contributed by atoms with Crippen LogP contribution >= 0.6 is 0 Å². The van der Waals surface area contributed by atoms with Crippen molar-refractivity contribution in [3.05, 3.63) is 241 Å². The van der Waals surface area contributed by atoms with Crippen LogP contribution in [0.5, 0.6) is 23.0 Å². The minimum atomic E-state index is -0.524. The number of nitrogens with zero attached hydrogens (tertiary/aromatic N) is 2. The first-order chi connectivity index (χ1) is 30.2. The van der Waals surface area contributed by atoms with E-state index in [2.05, 4.69) is 194 Å². The zero-order chi connectivity index (χ0) is 40.3. The molecule has 12 rings (SSSR count). The van der Waals surface area contributed by atoms with Gasteiger partial charge >= 0.3 is 0 Å². The molecule has 4 heteroatoms. The summed E-state index contributed by atoms with van der Waals surface area (Å²) < 4.78 is 13.7. The number of hydrogen-bond donors (Lipinski definition) is 0. The first-order valence-corrected chi connectivity index (χ1v) is 20.6. The molecule has 0 amide bonds. The molecule has 10 aromatic rings. The Morgan fingerprint density at radius 2 is 0.951 bits per heavy atom. The van der Waals surface area contributed by atoms with E-state index in [1.165, 1.54) is 27.6 Å². The van der Waals surface area contributed by atoms with E-state index in [0.29, 0.717) is 23.1 Å². The summed E-state index contributed by atoms with van der Waals surface area (Å²) in [6.45, 7) is 0. The molecule has 1 aliphatic heterocycles. The Morgan fingerprint density at radius 3 is 1.74 bits per heavy atom. The fourth-order valence-corrected chi connectivity index (χ4v) is 9.41. The van der Waals surface area contributed by atoms with Crippen molar-refractivity contribution in [1.29, 1.82) is 0 Å². The average molecular weight is 781 g/mol. The summed E-state index contributed by atoms with van der Waals surface area (Å²) in [6, 6.07) is 76.5. The third kappa shape index (κ3) is 5.68. The molecule has 0 spiro atoms. The molecule has 1 aliphatic carbocycles. The zero-order valence-electron chi connectivity index (χ0n) is 33.0. The van der Waals surface area contributed by atoms with Gasteiger partial charge in [-0.25, -0.2) is 9.97 Å². The summed E-state index contributed by atoms with van der Waals surface area (Å²) in [6.07, 6.45) is 0. The summed E-state index contributed by atoms with van der Waals surface area (Å²) in [4.78, 5) is 10.3. The molecule has 2 heterocycles. The van der Waals surface area contributed by atoms with Crippen molar-refractivity contribution in [1.82, 2.24) is 9.97 Å². The normalized spacial score (nSPS) is 13.0. The Morgan fingerprint density at radius 1 is 0.344 bits per heavy atom. The van der Waals surface area contributed by atoms with Gasteiger partial charge in [0.1, 0.15) is 0 Å². The summed E-state index contributed by atoms with van der Waals surface area (Å²) >= 11 is 0.